The van der Waals surface area contributed by atoms with Crippen molar-refractivity contribution in [2.45, 2.75) is 6.92 Å². The zero-order valence-electron chi connectivity index (χ0n) is 9.07. The Labute approximate surface area is 94.2 Å². The Kier molecular flexibility index (Phi) is 2.73. The van der Waals surface area contributed by atoms with E-state index in [-0.39, 0.29) is 0 Å². The number of hydrogen-bond donors (Lipinski definition) is 0. The summed E-state index contributed by atoms with van der Waals surface area (Å²) < 4.78 is 5.16. The van der Waals surface area contributed by atoms with E-state index < -0.39 is 5.97 Å². The summed E-state index contributed by atoms with van der Waals surface area (Å²) in [4.78, 5) is 11.2. The molecule has 0 aromatic heterocycles. The molecule has 0 spiro atoms. The van der Waals surface area contributed by atoms with Gasteiger partial charge in [0, 0.05) is 11.5 Å². The van der Waals surface area contributed by atoms with Crippen molar-refractivity contribution in [1.29, 1.82) is 0 Å². The van der Waals surface area contributed by atoms with E-state index in [1.165, 1.54) is 5.56 Å². The van der Waals surface area contributed by atoms with E-state index in [1.807, 2.05) is 31.2 Å². The second-order valence-electron chi connectivity index (χ2n) is 3.61. The lowest BCUT2D eigenvalue weighted by Gasteiger charge is -2.06. The number of esters is 1. The number of carbonyl (C=O) groups is 1. The van der Waals surface area contributed by atoms with E-state index in [2.05, 4.69) is 12.6 Å². The van der Waals surface area contributed by atoms with Gasteiger partial charge < -0.3 is 4.74 Å². The van der Waals surface area contributed by atoms with Crippen LogP contribution in [-0.2, 0) is 4.79 Å². The highest BCUT2D eigenvalue weighted by atomic mass is 16.5. The van der Waals surface area contributed by atoms with Crippen molar-refractivity contribution in [3.05, 3.63) is 54.6 Å². The van der Waals surface area contributed by atoms with Gasteiger partial charge in [0.2, 0.25) is 0 Å². The predicted octanol–water partition coefficient (Wildman–Crippen LogP) is 3.24. The highest BCUT2D eigenvalue weighted by molar-refractivity contribution is 5.92. The van der Waals surface area contributed by atoms with E-state index in [9.17, 15) is 4.79 Å². The number of aryl methyl sites for hydroxylation is 1. The second kappa shape index (κ2) is 4.19. The normalized spacial score (nSPS) is 10.1. The Morgan fingerprint density at radius 1 is 1.31 bits per heavy atom. The Morgan fingerprint density at radius 2 is 2.12 bits per heavy atom. The molecule has 0 aliphatic carbocycles. The zero-order chi connectivity index (χ0) is 11.5. The topological polar surface area (TPSA) is 26.3 Å². The largest absolute Gasteiger partial charge is 0.423 e. The maximum absolute atomic E-state index is 11.2. The van der Waals surface area contributed by atoms with Crippen molar-refractivity contribution in [1.82, 2.24) is 0 Å². The van der Waals surface area contributed by atoms with Gasteiger partial charge in [-0.3, -0.25) is 0 Å². The fourth-order valence-electron chi connectivity index (χ4n) is 1.61. The van der Waals surface area contributed by atoms with Crippen LogP contribution in [0, 0.1) is 6.92 Å². The van der Waals surface area contributed by atoms with Gasteiger partial charge in [-0.05, 0) is 18.4 Å². The SMILES string of the molecule is C=CC(=O)Oc1cccc2cc(C)ccc12. The van der Waals surface area contributed by atoms with Gasteiger partial charge in [0.15, 0.2) is 0 Å². The number of hydrogen-bond acceptors (Lipinski definition) is 2. The smallest absolute Gasteiger partial charge is 0.335 e. The molecule has 0 saturated carbocycles. The first-order chi connectivity index (χ1) is 7.70. The molecule has 80 valence electrons. The van der Waals surface area contributed by atoms with Gasteiger partial charge in [0.1, 0.15) is 5.75 Å². The van der Waals surface area contributed by atoms with Crippen molar-refractivity contribution in [3.63, 3.8) is 0 Å². The first-order valence-electron chi connectivity index (χ1n) is 5.04. The van der Waals surface area contributed by atoms with Crippen LogP contribution in [0.2, 0.25) is 0 Å². The Morgan fingerprint density at radius 3 is 2.88 bits per heavy atom. The lowest BCUT2D eigenvalue weighted by Crippen LogP contribution is -2.03. The summed E-state index contributed by atoms with van der Waals surface area (Å²) in [6, 6.07) is 11.6. The summed E-state index contributed by atoms with van der Waals surface area (Å²) >= 11 is 0. The quantitative estimate of drug-likeness (QED) is 0.434. The van der Waals surface area contributed by atoms with Crippen LogP contribution < -0.4 is 4.74 Å². The summed E-state index contributed by atoms with van der Waals surface area (Å²) in [5.41, 5.74) is 1.18. The van der Waals surface area contributed by atoms with Gasteiger partial charge in [-0.2, -0.15) is 0 Å². The monoisotopic (exact) mass is 212 g/mol. The van der Waals surface area contributed by atoms with Crippen LogP contribution in [0.3, 0.4) is 0 Å². The molecule has 0 N–H and O–H groups in total. The third kappa shape index (κ3) is 1.96. The van der Waals surface area contributed by atoms with Crippen LogP contribution >= 0.6 is 0 Å². The minimum absolute atomic E-state index is 0.437. The molecule has 2 aromatic carbocycles. The van der Waals surface area contributed by atoms with Gasteiger partial charge in [0.05, 0.1) is 0 Å². The molecule has 2 rings (SSSR count). The highest BCUT2D eigenvalue weighted by Gasteiger charge is 2.04. The zero-order valence-corrected chi connectivity index (χ0v) is 9.07. The molecule has 2 heteroatoms. The first kappa shape index (κ1) is 10.4. The number of ether oxygens (including phenoxy) is 1. The summed E-state index contributed by atoms with van der Waals surface area (Å²) in [5.74, 6) is 0.135. The number of benzene rings is 2. The molecular weight excluding hydrogens is 200 g/mol. The molecule has 0 atom stereocenters. The van der Waals surface area contributed by atoms with Gasteiger partial charge in [-0.25, -0.2) is 4.79 Å². The average Bonchev–Trinajstić information content (AvgIpc) is 2.28. The average molecular weight is 212 g/mol. The van der Waals surface area contributed by atoms with E-state index in [0.717, 1.165) is 16.8 Å². The van der Waals surface area contributed by atoms with Crippen molar-refractivity contribution >= 4 is 16.7 Å². The van der Waals surface area contributed by atoms with Crippen LogP contribution in [0.5, 0.6) is 5.75 Å². The minimum Gasteiger partial charge on any atom is -0.423 e. The minimum atomic E-state index is -0.437. The summed E-state index contributed by atoms with van der Waals surface area (Å²) in [7, 11) is 0. The summed E-state index contributed by atoms with van der Waals surface area (Å²) in [6.45, 7) is 5.41. The van der Waals surface area contributed by atoms with E-state index in [4.69, 9.17) is 4.74 Å². The fourth-order valence-corrected chi connectivity index (χ4v) is 1.61. The van der Waals surface area contributed by atoms with Crippen molar-refractivity contribution in [2.24, 2.45) is 0 Å². The predicted molar refractivity (Wildman–Crippen MR) is 64.5 cm³/mol. The van der Waals surface area contributed by atoms with E-state index in [0.29, 0.717) is 5.75 Å². The van der Waals surface area contributed by atoms with Gasteiger partial charge in [-0.1, -0.05) is 42.5 Å². The van der Waals surface area contributed by atoms with Crippen LogP contribution in [0.4, 0.5) is 0 Å². The fraction of sp³-hybridized carbons (Fsp3) is 0.0714. The molecule has 0 radical (unpaired) electrons. The molecule has 0 unspecified atom stereocenters. The van der Waals surface area contributed by atoms with Crippen molar-refractivity contribution < 1.29 is 9.53 Å². The van der Waals surface area contributed by atoms with Crippen LogP contribution in [0.15, 0.2) is 49.1 Å². The van der Waals surface area contributed by atoms with Gasteiger partial charge in [-0.15, -0.1) is 0 Å². The molecule has 0 fully saturated rings. The summed E-state index contributed by atoms with van der Waals surface area (Å²) in [6.07, 6.45) is 1.16. The molecule has 0 saturated heterocycles. The van der Waals surface area contributed by atoms with Crippen LogP contribution in [-0.4, -0.2) is 5.97 Å². The third-order valence-corrected chi connectivity index (χ3v) is 2.37. The second-order valence-corrected chi connectivity index (χ2v) is 3.61. The lowest BCUT2D eigenvalue weighted by atomic mass is 10.1. The Bertz CT molecular complexity index is 556. The van der Waals surface area contributed by atoms with Crippen molar-refractivity contribution in [2.75, 3.05) is 0 Å². The first-order valence-corrected chi connectivity index (χ1v) is 5.04. The van der Waals surface area contributed by atoms with Crippen LogP contribution in [0.1, 0.15) is 5.56 Å². The molecule has 2 nitrogen and oxygen atoms in total. The molecule has 16 heavy (non-hydrogen) atoms. The van der Waals surface area contributed by atoms with Crippen LogP contribution in [0.25, 0.3) is 10.8 Å². The molecule has 0 aliphatic heterocycles. The standard InChI is InChI=1S/C14H12O2/c1-3-14(15)16-13-6-4-5-11-9-10(2)7-8-12(11)13/h3-9H,1H2,2H3. The summed E-state index contributed by atoms with van der Waals surface area (Å²) in [5, 5.41) is 2.00. The van der Waals surface area contributed by atoms with Gasteiger partial charge in [0.25, 0.3) is 0 Å². The molecule has 2 aromatic rings. The lowest BCUT2D eigenvalue weighted by molar-refractivity contribution is -0.128. The van der Waals surface area contributed by atoms with Crippen molar-refractivity contribution in [3.8, 4) is 5.75 Å². The third-order valence-electron chi connectivity index (χ3n) is 2.37. The maximum Gasteiger partial charge on any atom is 0.335 e. The Hall–Kier alpha value is -2.09. The van der Waals surface area contributed by atoms with E-state index in [1.54, 1.807) is 6.07 Å². The molecule has 0 aliphatic rings. The maximum atomic E-state index is 11.2. The number of carbonyl (C=O) groups excluding carboxylic acids is 1. The van der Waals surface area contributed by atoms with Gasteiger partial charge >= 0.3 is 5.97 Å². The number of rotatable bonds is 2. The molecule has 0 heterocycles. The molecule has 0 bridgehead atoms. The number of fused-ring (bicyclic) bond motifs is 1. The highest BCUT2D eigenvalue weighted by Crippen LogP contribution is 2.26. The molecule has 0 amide bonds. The Balaban J connectivity index is 2.53. The van der Waals surface area contributed by atoms with E-state index >= 15 is 0 Å². The molecular formula is C14H12O2.